The monoisotopic (exact) mass is 263 g/mol. The van der Waals surface area contributed by atoms with Gasteiger partial charge in [-0.1, -0.05) is 24.3 Å². The van der Waals surface area contributed by atoms with Gasteiger partial charge in [0.05, 0.1) is 17.7 Å². The van der Waals surface area contributed by atoms with E-state index in [-0.39, 0.29) is 11.5 Å². The lowest BCUT2D eigenvalue weighted by Gasteiger charge is -2.14. The van der Waals surface area contributed by atoms with Gasteiger partial charge in [0, 0.05) is 6.07 Å². The first-order chi connectivity index (χ1) is 7.47. The number of hydrogen-bond acceptors (Lipinski definition) is 5. The maximum absolute atomic E-state index is 11.8. The van der Waals surface area contributed by atoms with Crippen molar-refractivity contribution in [3.05, 3.63) is 18.0 Å². The molecular weight excluding hydrogens is 250 g/mol. The maximum Gasteiger partial charge on any atom is 0.221 e. The first kappa shape index (κ1) is 13.1. The molecule has 0 aliphatic carbocycles. The van der Waals surface area contributed by atoms with Crippen LogP contribution in [-0.2, 0) is 16.6 Å². The van der Waals surface area contributed by atoms with Crippen molar-refractivity contribution < 1.29 is 12.9 Å². The standard InChI is InChI=1S/C8H13N3O3S2/c1-2-7(8(9)15)16(12,13)11-5-6-3-4-10-14-6/h3-4,7,11H,2,5H2,1H3,(H2,9,15). The third kappa shape index (κ3) is 3.26. The molecule has 1 aromatic rings. The second-order valence-electron chi connectivity index (χ2n) is 3.14. The number of sulfonamides is 1. The van der Waals surface area contributed by atoms with Crippen molar-refractivity contribution in [3.63, 3.8) is 0 Å². The molecule has 0 aliphatic rings. The van der Waals surface area contributed by atoms with Crippen molar-refractivity contribution in [2.45, 2.75) is 25.1 Å². The zero-order valence-corrected chi connectivity index (χ0v) is 10.3. The van der Waals surface area contributed by atoms with Gasteiger partial charge in [0.25, 0.3) is 0 Å². The van der Waals surface area contributed by atoms with Gasteiger partial charge >= 0.3 is 0 Å². The van der Waals surface area contributed by atoms with Gasteiger partial charge in [-0.05, 0) is 6.42 Å². The van der Waals surface area contributed by atoms with Crippen molar-refractivity contribution in [1.82, 2.24) is 9.88 Å². The molecule has 0 fully saturated rings. The predicted octanol–water partition coefficient (Wildman–Crippen LogP) is 0.159. The van der Waals surface area contributed by atoms with E-state index in [1.54, 1.807) is 13.0 Å². The third-order valence-corrected chi connectivity index (χ3v) is 4.32. The van der Waals surface area contributed by atoms with Crippen LogP contribution in [0, 0.1) is 0 Å². The average Bonchev–Trinajstić information content (AvgIpc) is 2.67. The lowest BCUT2D eigenvalue weighted by Crippen LogP contribution is -2.41. The number of aromatic nitrogens is 1. The molecule has 1 atom stereocenters. The van der Waals surface area contributed by atoms with Crippen molar-refractivity contribution >= 4 is 27.2 Å². The van der Waals surface area contributed by atoms with Gasteiger partial charge in [0.2, 0.25) is 10.0 Å². The van der Waals surface area contributed by atoms with Gasteiger partial charge in [0.1, 0.15) is 5.25 Å². The summed E-state index contributed by atoms with van der Waals surface area (Å²) in [5.41, 5.74) is 5.36. The Morgan fingerprint density at radius 1 is 1.75 bits per heavy atom. The molecule has 0 saturated carbocycles. The van der Waals surface area contributed by atoms with Crippen LogP contribution in [0.3, 0.4) is 0 Å². The Balaban J connectivity index is 2.67. The second kappa shape index (κ2) is 5.37. The minimum Gasteiger partial charge on any atom is -0.392 e. The van der Waals surface area contributed by atoms with E-state index in [2.05, 4.69) is 9.88 Å². The number of nitrogens with one attached hydrogen (secondary N) is 1. The van der Waals surface area contributed by atoms with E-state index in [4.69, 9.17) is 22.5 Å². The largest absolute Gasteiger partial charge is 0.392 e. The number of hydrogen-bond donors (Lipinski definition) is 2. The number of nitrogens with zero attached hydrogens (tertiary/aromatic N) is 1. The third-order valence-electron chi connectivity index (χ3n) is 2.00. The molecule has 0 amide bonds. The van der Waals surface area contributed by atoms with E-state index in [1.165, 1.54) is 6.20 Å². The molecule has 16 heavy (non-hydrogen) atoms. The highest BCUT2D eigenvalue weighted by Gasteiger charge is 2.26. The molecule has 0 spiro atoms. The summed E-state index contributed by atoms with van der Waals surface area (Å²) in [7, 11) is -3.55. The van der Waals surface area contributed by atoms with Crippen LogP contribution in [0.1, 0.15) is 19.1 Å². The summed E-state index contributed by atoms with van der Waals surface area (Å²) >= 11 is 4.70. The SMILES string of the molecule is CCC(C(N)=S)S(=O)(=O)NCc1ccno1. The molecule has 0 aliphatic heterocycles. The molecule has 1 aromatic heterocycles. The quantitative estimate of drug-likeness (QED) is 0.709. The molecule has 1 heterocycles. The highest BCUT2D eigenvalue weighted by Crippen LogP contribution is 2.06. The first-order valence-corrected chi connectivity index (χ1v) is 6.60. The molecule has 0 radical (unpaired) electrons. The minimum atomic E-state index is -3.55. The summed E-state index contributed by atoms with van der Waals surface area (Å²) < 4.78 is 30.6. The Morgan fingerprint density at radius 2 is 2.44 bits per heavy atom. The van der Waals surface area contributed by atoms with E-state index in [0.29, 0.717) is 12.2 Å². The fraction of sp³-hybridized carbons (Fsp3) is 0.500. The summed E-state index contributed by atoms with van der Waals surface area (Å²) in [5, 5.41) is 2.61. The molecule has 3 N–H and O–H groups in total. The van der Waals surface area contributed by atoms with E-state index >= 15 is 0 Å². The van der Waals surface area contributed by atoms with Gasteiger partial charge in [-0.15, -0.1) is 0 Å². The zero-order chi connectivity index (χ0) is 12.2. The fourth-order valence-corrected chi connectivity index (χ4v) is 3.02. The summed E-state index contributed by atoms with van der Waals surface area (Å²) in [6.45, 7) is 1.75. The Hall–Kier alpha value is -0.990. The van der Waals surface area contributed by atoms with Crippen molar-refractivity contribution in [1.29, 1.82) is 0 Å². The van der Waals surface area contributed by atoms with Crippen molar-refractivity contribution in [2.24, 2.45) is 5.73 Å². The molecule has 0 saturated heterocycles. The Morgan fingerprint density at radius 3 is 2.88 bits per heavy atom. The summed E-state index contributed by atoms with van der Waals surface area (Å²) in [5.74, 6) is 0.432. The molecule has 6 nitrogen and oxygen atoms in total. The molecule has 1 unspecified atom stereocenters. The normalized spacial score (nSPS) is 13.6. The summed E-state index contributed by atoms with van der Waals surface area (Å²) in [6.07, 6.45) is 1.77. The van der Waals surface area contributed by atoms with Crippen LogP contribution in [0.15, 0.2) is 16.8 Å². The highest BCUT2D eigenvalue weighted by molar-refractivity contribution is 7.93. The molecule has 0 aromatic carbocycles. The Bertz CT molecular complexity index is 441. The van der Waals surface area contributed by atoms with Crippen LogP contribution in [0.5, 0.6) is 0 Å². The van der Waals surface area contributed by atoms with Gasteiger partial charge in [-0.25, -0.2) is 13.1 Å². The highest BCUT2D eigenvalue weighted by atomic mass is 32.2. The molecule has 90 valence electrons. The van der Waals surface area contributed by atoms with Crippen molar-refractivity contribution in [2.75, 3.05) is 0 Å². The van der Waals surface area contributed by atoms with Crippen LogP contribution < -0.4 is 10.5 Å². The molecule has 8 heteroatoms. The van der Waals surface area contributed by atoms with Gasteiger partial charge in [0.15, 0.2) is 5.76 Å². The van der Waals surface area contributed by atoms with E-state index in [0.717, 1.165) is 0 Å². The lowest BCUT2D eigenvalue weighted by atomic mass is 10.3. The topological polar surface area (TPSA) is 98.2 Å². The predicted molar refractivity (Wildman–Crippen MR) is 63.1 cm³/mol. The van der Waals surface area contributed by atoms with Crippen LogP contribution >= 0.6 is 12.2 Å². The zero-order valence-electron chi connectivity index (χ0n) is 8.71. The summed E-state index contributed by atoms with van der Waals surface area (Å²) in [6, 6.07) is 1.57. The number of rotatable bonds is 6. The first-order valence-electron chi connectivity index (χ1n) is 4.64. The maximum atomic E-state index is 11.8. The van der Waals surface area contributed by atoms with Crippen LogP contribution in [0.2, 0.25) is 0 Å². The smallest absolute Gasteiger partial charge is 0.221 e. The molecular formula is C8H13N3O3S2. The van der Waals surface area contributed by atoms with Gasteiger partial charge < -0.3 is 10.3 Å². The number of thiocarbonyl (C=S) groups is 1. The minimum absolute atomic E-state index is 0.0347. The Labute approximate surface area is 99.2 Å². The van der Waals surface area contributed by atoms with Crippen LogP contribution in [-0.4, -0.2) is 23.8 Å². The summed E-state index contributed by atoms with van der Waals surface area (Å²) in [4.78, 5) is -0.0347. The van der Waals surface area contributed by atoms with Crippen molar-refractivity contribution in [3.8, 4) is 0 Å². The van der Waals surface area contributed by atoms with Gasteiger partial charge in [-0.2, -0.15) is 0 Å². The van der Waals surface area contributed by atoms with E-state index in [1.807, 2.05) is 0 Å². The van der Waals surface area contributed by atoms with Crippen LogP contribution in [0.25, 0.3) is 0 Å². The average molecular weight is 263 g/mol. The van der Waals surface area contributed by atoms with E-state index in [9.17, 15) is 8.42 Å². The lowest BCUT2D eigenvalue weighted by molar-refractivity contribution is 0.380. The molecule has 0 bridgehead atoms. The molecule has 1 rings (SSSR count). The fourth-order valence-electron chi connectivity index (χ4n) is 1.18. The second-order valence-corrected chi connectivity index (χ2v) is 5.56. The Kier molecular flexibility index (Phi) is 4.39. The van der Waals surface area contributed by atoms with E-state index < -0.39 is 15.3 Å². The van der Waals surface area contributed by atoms with Gasteiger partial charge in [-0.3, -0.25) is 0 Å². The van der Waals surface area contributed by atoms with Crippen LogP contribution in [0.4, 0.5) is 0 Å². The number of nitrogens with two attached hydrogens (primary N) is 1.